The van der Waals surface area contributed by atoms with Crippen LogP contribution in [0.15, 0.2) is 0 Å². The van der Waals surface area contributed by atoms with E-state index in [9.17, 15) is 0 Å². The van der Waals surface area contributed by atoms with Crippen molar-refractivity contribution in [2.45, 2.75) is 44.4 Å². The highest BCUT2D eigenvalue weighted by atomic mass is 28.3. The van der Waals surface area contributed by atoms with Gasteiger partial charge in [-0.1, -0.05) is 31.6 Å². The van der Waals surface area contributed by atoms with Gasteiger partial charge in [-0.25, -0.2) is 0 Å². The van der Waals surface area contributed by atoms with Crippen molar-refractivity contribution in [3.8, 4) is 0 Å². The summed E-state index contributed by atoms with van der Waals surface area (Å²) in [6, 6.07) is 2.71. The van der Waals surface area contributed by atoms with Gasteiger partial charge in [-0.15, -0.1) is 0 Å². The lowest BCUT2D eigenvalue weighted by Gasteiger charge is -2.21. The molecule has 78 valence electrons. The van der Waals surface area contributed by atoms with Gasteiger partial charge >= 0.3 is 0 Å². The fourth-order valence-electron chi connectivity index (χ4n) is 1.50. The number of hydrogen-bond acceptors (Lipinski definition) is 2. The third-order valence-corrected chi connectivity index (χ3v) is 5.82. The maximum Gasteiger partial charge on any atom is 0.0474 e. The Hall–Kier alpha value is -0.153. The Morgan fingerprint density at radius 3 is 2.38 bits per heavy atom. The number of methoxy groups -OCH3 is 1. The quantitative estimate of drug-likeness (QED) is 0.365. The van der Waals surface area contributed by atoms with E-state index in [4.69, 9.17) is 10.1 Å². The van der Waals surface area contributed by atoms with Gasteiger partial charge in [0.1, 0.15) is 0 Å². The minimum absolute atomic E-state index is 0.904. The Kier molecular flexibility index (Phi) is 7.18. The van der Waals surface area contributed by atoms with E-state index in [1.165, 1.54) is 31.1 Å². The standard InChI is InChI=1S/C10H23NOSi/c1-12-8-6-10-13(2,3)9-5-4-7-11/h7,11H,4-6,8-10H2,1-3H3. The summed E-state index contributed by atoms with van der Waals surface area (Å²) in [7, 11) is 0.806. The van der Waals surface area contributed by atoms with Crippen LogP contribution in [0, 0.1) is 5.41 Å². The summed E-state index contributed by atoms with van der Waals surface area (Å²) in [6.45, 7) is 5.78. The van der Waals surface area contributed by atoms with Gasteiger partial charge in [0.15, 0.2) is 0 Å². The molecule has 3 heteroatoms. The van der Waals surface area contributed by atoms with Crippen molar-refractivity contribution in [1.29, 1.82) is 5.41 Å². The van der Waals surface area contributed by atoms with Crippen LogP contribution in [-0.2, 0) is 4.74 Å². The number of ether oxygens (including phenoxy) is 1. The van der Waals surface area contributed by atoms with Crippen LogP contribution in [0.1, 0.15) is 19.3 Å². The highest BCUT2D eigenvalue weighted by molar-refractivity contribution is 6.77. The molecule has 13 heavy (non-hydrogen) atoms. The van der Waals surface area contributed by atoms with E-state index in [1.807, 2.05) is 0 Å². The molecule has 0 amide bonds. The van der Waals surface area contributed by atoms with Gasteiger partial charge in [0.05, 0.1) is 0 Å². The molecule has 0 aliphatic rings. The molecule has 0 aliphatic carbocycles. The highest BCUT2D eigenvalue weighted by Crippen LogP contribution is 2.19. The lowest BCUT2D eigenvalue weighted by molar-refractivity contribution is 0.199. The van der Waals surface area contributed by atoms with Gasteiger partial charge in [0.2, 0.25) is 0 Å². The molecule has 0 atom stereocenters. The largest absolute Gasteiger partial charge is 0.385 e. The Morgan fingerprint density at radius 2 is 1.85 bits per heavy atom. The Bertz CT molecular complexity index is 137. The molecule has 0 rings (SSSR count). The number of unbranched alkanes of at least 4 members (excludes halogenated alkanes) is 1. The molecule has 0 unspecified atom stereocenters. The Morgan fingerprint density at radius 1 is 1.23 bits per heavy atom. The van der Waals surface area contributed by atoms with E-state index >= 15 is 0 Å². The fourth-order valence-corrected chi connectivity index (χ4v) is 4.02. The van der Waals surface area contributed by atoms with Crippen LogP contribution in [0.3, 0.4) is 0 Å². The second-order valence-electron chi connectivity index (χ2n) is 4.36. The average molecular weight is 201 g/mol. The normalized spacial score (nSPS) is 11.6. The summed E-state index contributed by atoms with van der Waals surface area (Å²) in [6.07, 6.45) is 4.90. The zero-order valence-electron chi connectivity index (χ0n) is 9.23. The molecule has 0 aromatic carbocycles. The molecule has 0 spiro atoms. The maximum atomic E-state index is 6.95. The molecule has 0 radical (unpaired) electrons. The first-order valence-electron chi connectivity index (χ1n) is 5.10. The van der Waals surface area contributed by atoms with Crippen molar-refractivity contribution in [3.05, 3.63) is 0 Å². The average Bonchev–Trinajstić information content (AvgIpc) is 2.05. The first kappa shape index (κ1) is 12.8. The third-order valence-electron chi connectivity index (χ3n) is 2.40. The van der Waals surface area contributed by atoms with Crippen molar-refractivity contribution in [2.75, 3.05) is 13.7 Å². The molecule has 1 N–H and O–H groups in total. The predicted molar refractivity (Wildman–Crippen MR) is 61.6 cm³/mol. The molecule has 0 aromatic rings. The van der Waals surface area contributed by atoms with Crippen LogP contribution < -0.4 is 0 Å². The molecular weight excluding hydrogens is 178 g/mol. The van der Waals surface area contributed by atoms with Crippen molar-refractivity contribution in [2.24, 2.45) is 0 Å². The van der Waals surface area contributed by atoms with Gasteiger partial charge in [0, 0.05) is 21.8 Å². The summed E-state index contributed by atoms with van der Waals surface area (Å²) in [4.78, 5) is 0. The van der Waals surface area contributed by atoms with Gasteiger partial charge < -0.3 is 10.1 Å². The van der Waals surface area contributed by atoms with Crippen LogP contribution in [0.2, 0.25) is 25.2 Å². The summed E-state index contributed by atoms with van der Waals surface area (Å²) in [5, 5.41) is 6.95. The fraction of sp³-hybridized carbons (Fsp3) is 0.900. The zero-order chi connectivity index (χ0) is 10.2. The lowest BCUT2D eigenvalue weighted by Crippen LogP contribution is -2.25. The van der Waals surface area contributed by atoms with Gasteiger partial charge in [-0.3, -0.25) is 0 Å². The van der Waals surface area contributed by atoms with Gasteiger partial charge in [0.25, 0.3) is 0 Å². The van der Waals surface area contributed by atoms with E-state index in [-0.39, 0.29) is 0 Å². The Labute approximate surface area is 83.2 Å². The molecule has 2 nitrogen and oxygen atoms in total. The number of rotatable bonds is 8. The molecule has 0 heterocycles. The summed E-state index contributed by atoms with van der Waals surface area (Å²) >= 11 is 0. The Balaban J connectivity index is 3.47. The van der Waals surface area contributed by atoms with Gasteiger partial charge in [-0.2, -0.15) is 0 Å². The number of nitrogens with one attached hydrogen (secondary N) is 1. The summed E-state index contributed by atoms with van der Waals surface area (Å²) in [5.74, 6) is 0. The second kappa shape index (κ2) is 7.27. The van der Waals surface area contributed by atoms with E-state index in [2.05, 4.69) is 13.1 Å². The summed E-state index contributed by atoms with van der Waals surface area (Å²) < 4.78 is 5.05. The molecule has 0 aliphatic heterocycles. The molecule has 0 bridgehead atoms. The van der Waals surface area contributed by atoms with E-state index in [1.54, 1.807) is 7.11 Å². The van der Waals surface area contributed by atoms with Crippen LogP contribution in [0.4, 0.5) is 0 Å². The van der Waals surface area contributed by atoms with Crippen molar-refractivity contribution >= 4 is 14.3 Å². The van der Waals surface area contributed by atoms with Crippen molar-refractivity contribution < 1.29 is 4.74 Å². The maximum absolute atomic E-state index is 6.95. The van der Waals surface area contributed by atoms with Crippen LogP contribution >= 0.6 is 0 Å². The van der Waals surface area contributed by atoms with Crippen LogP contribution in [0.5, 0.6) is 0 Å². The predicted octanol–water partition coefficient (Wildman–Crippen LogP) is 3.16. The van der Waals surface area contributed by atoms with E-state index < -0.39 is 8.07 Å². The van der Waals surface area contributed by atoms with E-state index in [0.29, 0.717) is 0 Å². The minimum atomic E-state index is -0.961. The third kappa shape index (κ3) is 8.18. The van der Waals surface area contributed by atoms with Crippen molar-refractivity contribution in [1.82, 2.24) is 0 Å². The van der Waals surface area contributed by atoms with Gasteiger partial charge in [-0.05, 0) is 19.1 Å². The topological polar surface area (TPSA) is 33.1 Å². The number of hydrogen-bond donors (Lipinski definition) is 1. The molecule has 0 aromatic heterocycles. The van der Waals surface area contributed by atoms with Crippen molar-refractivity contribution in [3.63, 3.8) is 0 Å². The summed E-state index contributed by atoms with van der Waals surface area (Å²) in [5.41, 5.74) is 0. The van der Waals surface area contributed by atoms with Crippen LogP contribution in [-0.4, -0.2) is 28.0 Å². The first-order chi connectivity index (χ1) is 6.12. The lowest BCUT2D eigenvalue weighted by atomic mass is 10.4. The monoisotopic (exact) mass is 201 g/mol. The highest BCUT2D eigenvalue weighted by Gasteiger charge is 2.18. The van der Waals surface area contributed by atoms with E-state index in [0.717, 1.165) is 13.0 Å². The molecular formula is C10H23NOSi. The SMILES string of the molecule is COCCC[Si](C)(C)CCCC=N. The minimum Gasteiger partial charge on any atom is -0.385 e. The molecule has 0 fully saturated rings. The smallest absolute Gasteiger partial charge is 0.0474 e. The van der Waals surface area contributed by atoms with Crippen LogP contribution in [0.25, 0.3) is 0 Å². The molecule has 0 saturated heterocycles. The second-order valence-corrected chi connectivity index (χ2v) is 9.69. The molecule has 0 saturated carbocycles. The first-order valence-corrected chi connectivity index (χ1v) is 8.52. The zero-order valence-corrected chi connectivity index (χ0v) is 10.2.